The minimum atomic E-state index is -0.107. The number of nitrogens with zero attached hydrogens (tertiary/aromatic N) is 1. The van der Waals surface area contributed by atoms with Gasteiger partial charge in [-0.05, 0) is 52.5 Å². The molecular weight excluding hydrogens is 579 g/mol. The van der Waals surface area contributed by atoms with Crippen LogP contribution in [0.15, 0.2) is 115 Å². The number of benzene rings is 6. The molecule has 8 aromatic rings. The second-order valence-corrected chi connectivity index (χ2v) is 14.2. The lowest BCUT2D eigenvalue weighted by atomic mass is 9.58. The van der Waals surface area contributed by atoms with Gasteiger partial charge in [0.15, 0.2) is 18.8 Å². The van der Waals surface area contributed by atoms with E-state index in [1.807, 2.05) is 11.3 Å². The molecule has 4 heterocycles. The first kappa shape index (κ1) is 25.0. The number of aromatic nitrogens is 1. The van der Waals surface area contributed by atoms with Gasteiger partial charge in [0.25, 0.3) is 0 Å². The van der Waals surface area contributed by atoms with Crippen LogP contribution >= 0.6 is 11.3 Å². The van der Waals surface area contributed by atoms with E-state index >= 15 is 0 Å². The third-order valence-corrected chi connectivity index (χ3v) is 11.6. The van der Waals surface area contributed by atoms with E-state index in [2.05, 4.69) is 146 Å². The first-order valence-electron chi connectivity index (χ1n) is 15.9. The maximum Gasteiger partial charge on any atom is 0.198 e. The standard InChI is InChI=1S/C41H26BN2OS/c1-41(2)27-15-5-3-12-23(27)34-24-13-9-14-25(37(24)43-40(34)41)35-36-30(21-26-22-11-4-8-20-33(22)46-39(26)35)44-29-17-6-7-18-31(29)45-32-19-10-16-28(42-36)38(32)44/h3-21,43H,1-2H3. The molecule has 2 aliphatic heterocycles. The largest absolute Gasteiger partial charge is 0.453 e. The SMILES string of the molecule is CC1(C)c2ccccc2-c2c1[nH]c1c(-c3c4c(cc5c3sc3ccccc35)N3c5ccccc5Oc5cccc(c53)[B]4)cccc21. The summed E-state index contributed by atoms with van der Waals surface area (Å²) in [7, 11) is 2.38. The fourth-order valence-electron chi connectivity index (χ4n) is 8.36. The van der Waals surface area contributed by atoms with E-state index < -0.39 is 0 Å². The Morgan fingerprint density at radius 2 is 1.46 bits per heavy atom. The molecule has 6 aromatic carbocycles. The molecule has 0 saturated heterocycles. The molecule has 3 nitrogen and oxygen atoms in total. The van der Waals surface area contributed by atoms with Crippen molar-refractivity contribution in [1.29, 1.82) is 0 Å². The lowest BCUT2D eigenvalue weighted by molar-refractivity contribution is 0.477. The number of thiophene rings is 1. The summed E-state index contributed by atoms with van der Waals surface area (Å²) in [6, 6.07) is 41.8. The summed E-state index contributed by atoms with van der Waals surface area (Å²) in [4.78, 5) is 6.46. The van der Waals surface area contributed by atoms with E-state index in [9.17, 15) is 0 Å². The molecule has 0 unspecified atom stereocenters. The second kappa shape index (κ2) is 8.51. The number of hydrogen-bond acceptors (Lipinski definition) is 3. The zero-order valence-corrected chi connectivity index (χ0v) is 26.1. The Hall–Kier alpha value is -5.26. The van der Waals surface area contributed by atoms with E-state index in [1.54, 1.807) is 0 Å². The van der Waals surface area contributed by atoms with Crippen LogP contribution in [0.25, 0.3) is 53.3 Å². The highest BCUT2D eigenvalue weighted by atomic mass is 32.1. The Balaban J connectivity index is 1.28. The highest BCUT2D eigenvalue weighted by molar-refractivity contribution is 7.26. The van der Waals surface area contributed by atoms with Crippen molar-refractivity contribution in [2.45, 2.75) is 19.3 Å². The van der Waals surface area contributed by atoms with Gasteiger partial charge in [-0.1, -0.05) is 104 Å². The molecule has 1 N–H and O–H groups in total. The minimum absolute atomic E-state index is 0.107. The molecule has 0 amide bonds. The molecule has 5 heteroatoms. The topological polar surface area (TPSA) is 28.3 Å². The maximum atomic E-state index is 6.47. The first-order chi connectivity index (χ1) is 22.6. The number of hydrogen-bond donors (Lipinski definition) is 1. The highest BCUT2D eigenvalue weighted by Crippen LogP contribution is 2.55. The predicted octanol–water partition coefficient (Wildman–Crippen LogP) is 10.1. The zero-order chi connectivity index (χ0) is 30.3. The van der Waals surface area contributed by atoms with Crippen LogP contribution in [0.3, 0.4) is 0 Å². The summed E-state index contributed by atoms with van der Waals surface area (Å²) in [5, 5.41) is 3.87. The maximum absolute atomic E-state index is 6.47. The second-order valence-electron chi connectivity index (χ2n) is 13.2. The van der Waals surface area contributed by atoms with Gasteiger partial charge in [0.2, 0.25) is 0 Å². The lowest BCUT2D eigenvalue weighted by Crippen LogP contribution is -2.42. The van der Waals surface area contributed by atoms with Crippen molar-refractivity contribution in [2.75, 3.05) is 4.90 Å². The zero-order valence-electron chi connectivity index (χ0n) is 25.3. The molecule has 0 saturated carbocycles. The van der Waals surface area contributed by atoms with Gasteiger partial charge in [-0.3, -0.25) is 0 Å². The van der Waals surface area contributed by atoms with Crippen LogP contribution in [0, 0.1) is 0 Å². The molecule has 0 spiro atoms. The highest BCUT2D eigenvalue weighted by Gasteiger charge is 2.40. The van der Waals surface area contributed by atoms with Crippen molar-refractivity contribution >= 4 is 77.7 Å². The van der Waals surface area contributed by atoms with E-state index in [1.165, 1.54) is 75.7 Å². The number of fused-ring (bicyclic) bond motifs is 12. The fraction of sp³-hybridized carbons (Fsp3) is 0.0732. The number of rotatable bonds is 1. The predicted molar refractivity (Wildman–Crippen MR) is 194 cm³/mol. The summed E-state index contributed by atoms with van der Waals surface area (Å²) in [6.45, 7) is 4.69. The summed E-state index contributed by atoms with van der Waals surface area (Å²) < 4.78 is 9.10. The first-order valence-corrected chi connectivity index (χ1v) is 16.7. The van der Waals surface area contributed by atoms with E-state index in [0.29, 0.717) is 0 Å². The molecule has 11 rings (SSSR count). The van der Waals surface area contributed by atoms with Gasteiger partial charge in [0.05, 0.1) is 16.9 Å². The summed E-state index contributed by atoms with van der Waals surface area (Å²) >= 11 is 1.90. The molecule has 3 aliphatic rings. The van der Waals surface area contributed by atoms with Crippen LogP contribution in [0.1, 0.15) is 25.1 Å². The molecule has 2 aromatic heterocycles. The smallest absolute Gasteiger partial charge is 0.198 e. The average Bonchev–Trinajstić information content (AvgIpc) is 3.73. The van der Waals surface area contributed by atoms with Crippen LogP contribution in [-0.4, -0.2) is 12.3 Å². The summed E-state index contributed by atoms with van der Waals surface area (Å²) in [5.74, 6) is 1.76. The van der Waals surface area contributed by atoms with Gasteiger partial charge in [-0.25, -0.2) is 0 Å². The van der Waals surface area contributed by atoms with Crippen LogP contribution in [-0.2, 0) is 5.41 Å². The lowest BCUT2D eigenvalue weighted by Gasteiger charge is -2.39. The van der Waals surface area contributed by atoms with Crippen LogP contribution in [0.2, 0.25) is 0 Å². The van der Waals surface area contributed by atoms with Crippen molar-refractivity contribution in [3.63, 3.8) is 0 Å². The summed E-state index contributed by atoms with van der Waals surface area (Å²) in [5.41, 5.74) is 14.8. The molecular formula is C41H26BN2OS. The molecule has 0 atom stereocenters. The van der Waals surface area contributed by atoms with Gasteiger partial charge in [-0.15, -0.1) is 11.3 Å². The van der Waals surface area contributed by atoms with Gasteiger partial charge in [-0.2, -0.15) is 0 Å². The number of para-hydroxylation sites is 4. The molecule has 0 bridgehead atoms. The molecule has 1 aliphatic carbocycles. The Labute approximate surface area is 270 Å². The van der Waals surface area contributed by atoms with Crippen LogP contribution < -0.4 is 20.6 Å². The normalized spacial score (nSPS) is 14.8. The van der Waals surface area contributed by atoms with Crippen molar-refractivity contribution in [2.24, 2.45) is 0 Å². The van der Waals surface area contributed by atoms with Crippen molar-refractivity contribution in [3.8, 4) is 33.8 Å². The van der Waals surface area contributed by atoms with Gasteiger partial charge in [0.1, 0.15) is 0 Å². The third kappa shape index (κ3) is 3.00. The van der Waals surface area contributed by atoms with Crippen LogP contribution in [0.5, 0.6) is 11.5 Å². The average molecular weight is 606 g/mol. The van der Waals surface area contributed by atoms with E-state index in [-0.39, 0.29) is 5.41 Å². The number of ether oxygens (including phenoxy) is 1. The van der Waals surface area contributed by atoms with Gasteiger partial charge >= 0.3 is 0 Å². The van der Waals surface area contributed by atoms with E-state index in [0.717, 1.165) is 28.3 Å². The Bertz CT molecular complexity index is 2640. The summed E-state index contributed by atoms with van der Waals surface area (Å²) in [6.07, 6.45) is 0. The molecule has 46 heavy (non-hydrogen) atoms. The van der Waals surface area contributed by atoms with Crippen molar-refractivity contribution < 1.29 is 4.74 Å². The Kier molecular flexibility index (Phi) is 4.62. The van der Waals surface area contributed by atoms with Gasteiger partial charge < -0.3 is 14.6 Å². The molecule has 215 valence electrons. The monoisotopic (exact) mass is 605 g/mol. The third-order valence-electron chi connectivity index (χ3n) is 10.4. The van der Waals surface area contributed by atoms with Crippen molar-refractivity contribution in [3.05, 3.63) is 127 Å². The number of H-pyrrole nitrogens is 1. The number of aromatic amines is 1. The fourth-order valence-corrected chi connectivity index (χ4v) is 9.62. The number of nitrogens with one attached hydrogen (secondary N) is 1. The van der Waals surface area contributed by atoms with Crippen LogP contribution in [0.4, 0.5) is 17.1 Å². The molecule has 0 fully saturated rings. The quantitative estimate of drug-likeness (QED) is 0.189. The van der Waals surface area contributed by atoms with Crippen molar-refractivity contribution in [1.82, 2.24) is 4.98 Å². The number of anilines is 3. The Morgan fingerprint density at radius 1 is 0.696 bits per heavy atom. The Morgan fingerprint density at radius 3 is 2.41 bits per heavy atom. The van der Waals surface area contributed by atoms with E-state index in [4.69, 9.17) is 4.74 Å². The minimum Gasteiger partial charge on any atom is -0.453 e. The van der Waals surface area contributed by atoms with Gasteiger partial charge in [0, 0.05) is 53.5 Å². The molecule has 1 radical (unpaired) electrons.